The van der Waals surface area contributed by atoms with Crippen LogP contribution in [0.4, 0.5) is 4.39 Å². The molecule has 2 unspecified atom stereocenters. The van der Waals surface area contributed by atoms with Crippen molar-refractivity contribution in [3.8, 4) is 0 Å². The zero-order valence-electron chi connectivity index (χ0n) is 12.4. The number of carbonyl (C=O) groups is 1. The third-order valence-electron chi connectivity index (χ3n) is 3.92. The molecule has 1 aromatic rings. The van der Waals surface area contributed by atoms with Crippen LogP contribution < -0.4 is 5.32 Å². The highest BCUT2D eigenvalue weighted by Crippen LogP contribution is 2.22. The quantitative estimate of drug-likeness (QED) is 0.869. The summed E-state index contributed by atoms with van der Waals surface area (Å²) in [7, 11) is 0. The predicted molar refractivity (Wildman–Crippen MR) is 79.2 cm³/mol. The number of likely N-dealkylation sites (tertiary alicyclic amines) is 1. The first-order chi connectivity index (χ1) is 10.1. The fourth-order valence-corrected chi connectivity index (χ4v) is 2.84. The maximum absolute atomic E-state index is 13.7. The molecule has 1 saturated heterocycles. The molecule has 0 bridgehead atoms. The van der Waals surface area contributed by atoms with Crippen LogP contribution in [0.3, 0.4) is 0 Å². The Labute approximate surface area is 125 Å². The molecule has 0 aromatic heterocycles. The van der Waals surface area contributed by atoms with Gasteiger partial charge in [0.05, 0.1) is 12.0 Å². The van der Waals surface area contributed by atoms with Crippen LogP contribution in [-0.4, -0.2) is 42.1 Å². The van der Waals surface area contributed by atoms with Crippen molar-refractivity contribution in [1.82, 2.24) is 10.2 Å². The average Bonchev–Trinajstić information content (AvgIpc) is 2.48. The van der Waals surface area contributed by atoms with Crippen molar-refractivity contribution in [3.63, 3.8) is 0 Å². The molecule has 21 heavy (non-hydrogen) atoms. The van der Waals surface area contributed by atoms with E-state index in [1.54, 1.807) is 18.2 Å². The molecule has 2 rings (SSSR count). The number of hydrogen-bond donors (Lipinski definition) is 2. The van der Waals surface area contributed by atoms with Gasteiger partial charge in [-0.1, -0.05) is 18.2 Å². The van der Waals surface area contributed by atoms with Gasteiger partial charge in [0.2, 0.25) is 5.91 Å². The van der Waals surface area contributed by atoms with Crippen molar-refractivity contribution in [1.29, 1.82) is 0 Å². The normalized spacial score (nSPS) is 21.0. The van der Waals surface area contributed by atoms with Gasteiger partial charge < -0.3 is 10.4 Å². The molecule has 0 aliphatic carbocycles. The van der Waals surface area contributed by atoms with Gasteiger partial charge >= 0.3 is 0 Å². The highest BCUT2D eigenvalue weighted by Gasteiger charge is 2.27. The third-order valence-corrected chi connectivity index (χ3v) is 3.92. The Bertz CT molecular complexity index is 481. The smallest absolute Gasteiger partial charge is 0.224 e. The number of piperidine rings is 1. The van der Waals surface area contributed by atoms with E-state index in [1.165, 1.54) is 6.07 Å². The summed E-state index contributed by atoms with van der Waals surface area (Å²) in [6.45, 7) is 4.35. The number of amides is 1. The lowest BCUT2D eigenvalue weighted by Crippen LogP contribution is -2.44. The number of nitrogens with zero attached hydrogens (tertiary/aromatic N) is 1. The first-order valence-corrected chi connectivity index (χ1v) is 7.54. The number of aliphatic hydroxyl groups is 1. The zero-order chi connectivity index (χ0) is 15.2. The molecule has 4 nitrogen and oxygen atoms in total. The maximum atomic E-state index is 13.7. The Kier molecular flexibility index (Phi) is 5.70. The Morgan fingerprint density at radius 3 is 3.00 bits per heavy atom. The molecule has 1 fully saturated rings. The SMILES string of the molecule is CCNC(=O)C1CCCN(CC(O)c2ccccc2F)C1. The van der Waals surface area contributed by atoms with E-state index in [2.05, 4.69) is 5.32 Å². The second kappa shape index (κ2) is 7.52. The monoisotopic (exact) mass is 294 g/mol. The molecule has 0 spiro atoms. The number of β-amino-alcohol motifs (C(OH)–C–C–N with tert-alkyl or cyclic N) is 1. The van der Waals surface area contributed by atoms with E-state index in [0.29, 0.717) is 25.2 Å². The summed E-state index contributed by atoms with van der Waals surface area (Å²) >= 11 is 0. The van der Waals surface area contributed by atoms with Gasteiger partial charge in [-0.25, -0.2) is 4.39 Å². The van der Waals surface area contributed by atoms with Gasteiger partial charge in [-0.2, -0.15) is 0 Å². The van der Waals surface area contributed by atoms with E-state index in [9.17, 15) is 14.3 Å². The van der Waals surface area contributed by atoms with E-state index < -0.39 is 6.10 Å². The fraction of sp³-hybridized carbons (Fsp3) is 0.562. The van der Waals surface area contributed by atoms with Gasteiger partial charge in [0.25, 0.3) is 0 Å². The lowest BCUT2D eigenvalue weighted by atomic mass is 9.96. The minimum Gasteiger partial charge on any atom is -0.387 e. The highest BCUT2D eigenvalue weighted by atomic mass is 19.1. The summed E-state index contributed by atoms with van der Waals surface area (Å²) in [5, 5.41) is 13.0. The topological polar surface area (TPSA) is 52.6 Å². The molecule has 1 aliphatic rings. The second-order valence-electron chi connectivity index (χ2n) is 5.53. The maximum Gasteiger partial charge on any atom is 0.224 e. The van der Waals surface area contributed by atoms with Gasteiger partial charge in [-0.15, -0.1) is 0 Å². The number of nitrogens with one attached hydrogen (secondary N) is 1. The second-order valence-corrected chi connectivity index (χ2v) is 5.53. The first-order valence-electron chi connectivity index (χ1n) is 7.54. The summed E-state index contributed by atoms with van der Waals surface area (Å²) in [5.41, 5.74) is 0.317. The van der Waals surface area contributed by atoms with Crippen LogP contribution in [0.15, 0.2) is 24.3 Å². The Morgan fingerprint density at radius 1 is 1.52 bits per heavy atom. The van der Waals surface area contributed by atoms with Crippen LogP contribution >= 0.6 is 0 Å². The lowest BCUT2D eigenvalue weighted by molar-refractivity contribution is -0.126. The molecule has 0 saturated carbocycles. The van der Waals surface area contributed by atoms with Crippen LogP contribution in [0.1, 0.15) is 31.4 Å². The third kappa shape index (κ3) is 4.25. The van der Waals surface area contributed by atoms with Crippen molar-refractivity contribution >= 4 is 5.91 Å². The highest BCUT2D eigenvalue weighted by molar-refractivity contribution is 5.78. The van der Waals surface area contributed by atoms with E-state index in [-0.39, 0.29) is 17.6 Å². The number of halogens is 1. The molecule has 5 heteroatoms. The van der Waals surface area contributed by atoms with Crippen LogP contribution in [0.2, 0.25) is 0 Å². The van der Waals surface area contributed by atoms with Crippen LogP contribution in [0, 0.1) is 11.7 Å². The number of aliphatic hydroxyl groups excluding tert-OH is 1. The molecular formula is C16H23FN2O2. The first kappa shape index (κ1) is 15.9. The van der Waals surface area contributed by atoms with E-state index in [0.717, 1.165) is 19.4 Å². The number of benzene rings is 1. The van der Waals surface area contributed by atoms with Gasteiger partial charge in [0, 0.05) is 25.2 Å². The summed E-state index contributed by atoms with van der Waals surface area (Å²) in [4.78, 5) is 13.9. The van der Waals surface area contributed by atoms with Crippen LogP contribution in [0.25, 0.3) is 0 Å². The Balaban J connectivity index is 1.93. The minimum absolute atomic E-state index is 0.0356. The van der Waals surface area contributed by atoms with E-state index >= 15 is 0 Å². The fourth-order valence-electron chi connectivity index (χ4n) is 2.84. The molecule has 1 aliphatic heterocycles. The Morgan fingerprint density at radius 2 is 2.29 bits per heavy atom. The summed E-state index contributed by atoms with van der Waals surface area (Å²) in [6, 6.07) is 6.28. The number of hydrogen-bond acceptors (Lipinski definition) is 3. The van der Waals surface area contributed by atoms with Crippen molar-refractivity contribution in [2.24, 2.45) is 5.92 Å². The van der Waals surface area contributed by atoms with Crippen LogP contribution in [-0.2, 0) is 4.79 Å². The minimum atomic E-state index is -0.862. The standard InChI is InChI=1S/C16H23FN2O2/c1-2-18-16(21)12-6-5-9-19(10-12)11-15(20)13-7-3-4-8-14(13)17/h3-4,7-8,12,15,20H,2,5-6,9-11H2,1H3,(H,18,21). The molecular weight excluding hydrogens is 271 g/mol. The largest absolute Gasteiger partial charge is 0.387 e. The van der Waals surface area contributed by atoms with Gasteiger partial charge in [0.15, 0.2) is 0 Å². The molecule has 1 amide bonds. The summed E-state index contributed by atoms with van der Waals surface area (Å²) in [6.07, 6.45) is 0.934. The van der Waals surface area contributed by atoms with Crippen molar-refractivity contribution < 1.29 is 14.3 Å². The molecule has 116 valence electrons. The van der Waals surface area contributed by atoms with E-state index in [4.69, 9.17) is 0 Å². The van der Waals surface area contributed by atoms with Crippen LogP contribution in [0.5, 0.6) is 0 Å². The number of carbonyl (C=O) groups excluding carboxylic acids is 1. The zero-order valence-corrected chi connectivity index (χ0v) is 12.4. The summed E-state index contributed by atoms with van der Waals surface area (Å²) in [5.74, 6) is -0.351. The van der Waals surface area contributed by atoms with Gasteiger partial charge in [-0.05, 0) is 32.4 Å². The Hall–Kier alpha value is -1.46. The van der Waals surface area contributed by atoms with Crippen molar-refractivity contribution in [2.75, 3.05) is 26.2 Å². The van der Waals surface area contributed by atoms with E-state index in [1.807, 2.05) is 11.8 Å². The molecule has 0 radical (unpaired) electrons. The lowest BCUT2D eigenvalue weighted by Gasteiger charge is -2.33. The van der Waals surface area contributed by atoms with Gasteiger partial charge in [-0.3, -0.25) is 9.69 Å². The van der Waals surface area contributed by atoms with Crippen molar-refractivity contribution in [3.05, 3.63) is 35.6 Å². The summed E-state index contributed by atoms with van der Waals surface area (Å²) < 4.78 is 13.7. The van der Waals surface area contributed by atoms with Crippen molar-refractivity contribution in [2.45, 2.75) is 25.9 Å². The molecule has 1 aromatic carbocycles. The molecule has 2 atom stereocenters. The van der Waals surface area contributed by atoms with Gasteiger partial charge in [0.1, 0.15) is 5.82 Å². The average molecular weight is 294 g/mol. The predicted octanol–water partition coefficient (Wildman–Crippen LogP) is 1.71. The number of rotatable bonds is 5. The molecule has 2 N–H and O–H groups in total. The molecule has 1 heterocycles.